The number of hydrogen-bond acceptors (Lipinski definition) is 0. The molecule has 0 aliphatic carbocycles. The monoisotopic (exact) mass is 594 g/mol. The van der Waals surface area contributed by atoms with E-state index in [1.165, 1.54) is 43.8 Å². The quantitative estimate of drug-likeness (QED) is 0.212. The maximum absolute atomic E-state index is 2.24. The molecule has 146 valence electrons. The van der Waals surface area contributed by atoms with Crippen LogP contribution in [0.2, 0.25) is 13.1 Å². The van der Waals surface area contributed by atoms with E-state index in [4.69, 9.17) is 0 Å². The minimum atomic E-state index is 0. The zero-order chi connectivity index (χ0) is 18.4. The van der Waals surface area contributed by atoms with Crippen LogP contribution in [0.25, 0.3) is 21.5 Å². The van der Waals surface area contributed by atoms with Crippen molar-refractivity contribution in [1.29, 1.82) is 0 Å². The summed E-state index contributed by atoms with van der Waals surface area (Å²) >= 11 is 0. The van der Waals surface area contributed by atoms with Crippen LogP contribution in [0.5, 0.6) is 0 Å². The fourth-order valence-electron chi connectivity index (χ4n) is 3.04. The molecule has 0 atom stereocenters. The van der Waals surface area contributed by atoms with Gasteiger partial charge in [0.1, 0.15) is 0 Å². The van der Waals surface area contributed by atoms with E-state index in [1.807, 2.05) is 0 Å². The average molecular weight is 594 g/mol. The molecule has 2 radical (unpaired) electrons. The molecule has 0 aliphatic rings. The van der Waals surface area contributed by atoms with Crippen LogP contribution in [0.15, 0.2) is 60.7 Å². The molecule has 0 saturated heterocycles. The second-order valence-corrected chi connectivity index (χ2v) is 7.58. The van der Waals surface area contributed by atoms with E-state index in [0.717, 1.165) is 9.52 Å². The van der Waals surface area contributed by atoms with Gasteiger partial charge in [-0.2, -0.15) is 11.1 Å². The van der Waals surface area contributed by atoms with Crippen LogP contribution in [0, 0.1) is 27.7 Å². The van der Waals surface area contributed by atoms with E-state index in [9.17, 15) is 0 Å². The van der Waals surface area contributed by atoms with Gasteiger partial charge in [0.2, 0.25) is 0 Å². The summed E-state index contributed by atoms with van der Waals surface area (Å²) in [4.78, 5) is 0. The molecule has 4 aromatic carbocycles. The van der Waals surface area contributed by atoms with Gasteiger partial charge in [-0.05, 0) is 0 Å². The molecule has 0 N–H and O–H groups in total. The Morgan fingerprint density at radius 1 is 0.607 bits per heavy atom. The molecule has 0 aromatic heterocycles. The first kappa shape index (κ1) is 29.5. The molecule has 0 heterocycles. The Kier molecular flexibility index (Phi) is 15.1. The summed E-state index contributed by atoms with van der Waals surface area (Å²) in [6.07, 6.45) is 0. The summed E-state index contributed by atoms with van der Waals surface area (Å²) in [6.45, 7) is 13.0. The number of aryl methyl sites for hydroxylation is 4. The van der Waals surface area contributed by atoms with E-state index in [1.54, 1.807) is 0 Å². The molecule has 0 unspecified atom stereocenters. The van der Waals surface area contributed by atoms with E-state index >= 15 is 0 Å². The van der Waals surface area contributed by atoms with Crippen LogP contribution >= 0.6 is 0 Å². The third-order valence-electron chi connectivity index (χ3n) is 4.66. The molecular formula is C24H28Cl2HfSi. The second kappa shape index (κ2) is 14.3. The molecular weight excluding hydrogens is 566 g/mol. The van der Waals surface area contributed by atoms with Gasteiger partial charge in [-0.15, -0.1) is 81.2 Å². The summed E-state index contributed by atoms with van der Waals surface area (Å²) in [7, 11) is 1.08. The SMILES string of the molecule is C[Si]C.Cc1[cH-]c2ccccc2c1C.Cc1[cH-]c2ccccc2c1C.[Cl-].[Cl-].[Hf+4]. The van der Waals surface area contributed by atoms with Gasteiger partial charge in [0, 0.05) is 9.52 Å². The van der Waals surface area contributed by atoms with Gasteiger partial charge in [0.05, 0.1) is 0 Å². The Labute approximate surface area is 204 Å². The predicted molar refractivity (Wildman–Crippen MR) is 116 cm³/mol. The minimum Gasteiger partial charge on any atom is -1.00 e. The standard InChI is InChI=1S/2C11H11.C2H6Si.2ClH.Hf/c2*1-8-7-10-5-3-4-6-11(10)9(8)2;1-3-2;;;/h2*3-7H,1-2H3;1-2H3;2*1H;/q2*-1;;;;+4/p-2. The minimum absolute atomic E-state index is 0. The van der Waals surface area contributed by atoms with Gasteiger partial charge in [-0.25, -0.2) is 0 Å². The molecule has 0 nitrogen and oxygen atoms in total. The van der Waals surface area contributed by atoms with Crippen molar-refractivity contribution in [3.8, 4) is 0 Å². The zero-order valence-electron chi connectivity index (χ0n) is 17.5. The van der Waals surface area contributed by atoms with Gasteiger partial charge >= 0.3 is 25.8 Å². The van der Waals surface area contributed by atoms with Crippen molar-refractivity contribution in [3.63, 3.8) is 0 Å². The van der Waals surface area contributed by atoms with Crippen LogP contribution < -0.4 is 24.8 Å². The number of benzene rings is 2. The molecule has 0 spiro atoms. The summed E-state index contributed by atoms with van der Waals surface area (Å²) in [5.74, 6) is 0. The van der Waals surface area contributed by atoms with Crippen LogP contribution in [0.1, 0.15) is 22.3 Å². The van der Waals surface area contributed by atoms with Crippen molar-refractivity contribution in [3.05, 3.63) is 82.9 Å². The third-order valence-corrected chi connectivity index (χ3v) is 4.66. The summed E-state index contributed by atoms with van der Waals surface area (Å²) in [5, 5.41) is 5.51. The van der Waals surface area contributed by atoms with Crippen molar-refractivity contribution >= 4 is 31.1 Å². The molecule has 0 bridgehead atoms. The van der Waals surface area contributed by atoms with E-state index in [0.29, 0.717) is 0 Å². The molecule has 0 fully saturated rings. The van der Waals surface area contributed by atoms with Crippen molar-refractivity contribution in [2.24, 2.45) is 0 Å². The average Bonchev–Trinajstić information content (AvgIpc) is 3.06. The van der Waals surface area contributed by atoms with Crippen molar-refractivity contribution in [1.82, 2.24) is 0 Å². The zero-order valence-corrected chi connectivity index (χ0v) is 23.6. The Morgan fingerprint density at radius 2 is 0.893 bits per heavy atom. The van der Waals surface area contributed by atoms with Crippen molar-refractivity contribution in [2.75, 3.05) is 0 Å². The van der Waals surface area contributed by atoms with Crippen LogP contribution in [-0.4, -0.2) is 9.52 Å². The molecule has 28 heavy (non-hydrogen) atoms. The first-order valence-electron chi connectivity index (χ1n) is 8.81. The van der Waals surface area contributed by atoms with Crippen LogP contribution in [0.3, 0.4) is 0 Å². The molecule has 0 aliphatic heterocycles. The van der Waals surface area contributed by atoms with E-state index in [-0.39, 0.29) is 50.7 Å². The summed E-state index contributed by atoms with van der Waals surface area (Å²) in [5.41, 5.74) is 5.62. The second-order valence-electron chi connectivity index (χ2n) is 6.58. The number of rotatable bonds is 0. The Hall–Kier alpha value is -0.673. The van der Waals surface area contributed by atoms with E-state index < -0.39 is 0 Å². The van der Waals surface area contributed by atoms with E-state index in [2.05, 4.69) is 101 Å². The molecule has 0 amide bonds. The Balaban J connectivity index is 0. The van der Waals surface area contributed by atoms with Gasteiger partial charge in [-0.1, -0.05) is 52.9 Å². The predicted octanol–water partition coefficient (Wildman–Crippen LogP) is 1.14. The molecule has 0 saturated carbocycles. The van der Waals surface area contributed by atoms with Crippen LogP contribution in [-0.2, 0) is 25.8 Å². The number of halogens is 2. The molecule has 4 rings (SSSR count). The number of hydrogen-bond donors (Lipinski definition) is 0. The van der Waals surface area contributed by atoms with Crippen LogP contribution in [0.4, 0.5) is 0 Å². The Bertz CT molecular complexity index is 876. The van der Waals surface area contributed by atoms with Gasteiger partial charge in [-0.3, -0.25) is 0 Å². The summed E-state index contributed by atoms with van der Waals surface area (Å²) < 4.78 is 0. The molecule has 4 aromatic rings. The van der Waals surface area contributed by atoms with Crippen molar-refractivity contribution < 1.29 is 50.7 Å². The maximum Gasteiger partial charge on any atom is 4.00 e. The van der Waals surface area contributed by atoms with Gasteiger partial charge in [0.15, 0.2) is 0 Å². The third kappa shape index (κ3) is 7.30. The number of fused-ring (bicyclic) bond motifs is 2. The Morgan fingerprint density at radius 3 is 1.18 bits per heavy atom. The fraction of sp³-hybridized carbons (Fsp3) is 0.250. The fourth-order valence-corrected chi connectivity index (χ4v) is 3.04. The largest absolute Gasteiger partial charge is 4.00 e. The van der Waals surface area contributed by atoms with Gasteiger partial charge in [0.25, 0.3) is 0 Å². The van der Waals surface area contributed by atoms with Crippen molar-refractivity contribution in [2.45, 2.75) is 40.8 Å². The topological polar surface area (TPSA) is 0 Å². The van der Waals surface area contributed by atoms with Gasteiger partial charge < -0.3 is 24.8 Å². The maximum atomic E-state index is 2.24. The summed E-state index contributed by atoms with van der Waals surface area (Å²) in [6, 6.07) is 21.5. The first-order valence-corrected chi connectivity index (χ1v) is 10.8. The molecule has 4 heteroatoms. The first-order chi connectivity index (χ1) is 12.0. The smallest absolute Gasteiger partial charge is 1.00 e. The normalized spacial score (nSPS) is 9.07.